The van der Waals surface area contributed by atoms with Gasteiger partial charge >= 0.3 is 0 Å². The summed E-state index contributed by atoms with van der Waals surface area (Å²) in [5, 5.41) is 8.32. The van der Waals surface area contributed by atoms with Crippen LogP contribution in [-0.2, 0) is 6.42 Å². The number of rotatable bonds is 6. The van der Waals surface area contributed by atoms with Gasteiger partial charge in [0.15, 0.2) is 11.6 Å². The van der Waals surface area contributed by atoms with Gasteiger partial charge in [-0.25, -0.2) is 4.39 Å². The Morgan fingerprint density at radius 3 is 2.42 bits per heavy atom. The van der Waals surface area contributed by atoms with Crippen molar-refractivity contribution >= 4 is 0 Å². The molecule has 0 spiro atoms. The number of halogens is 2. The molecule has 0 atom stereocenters. The number of ether oxygens (including phenoxy) is 1. The summed E-state index contributed by atoms with van der Waals surface area (Å²) in [6.07, 6.45) is 7.22. The zero-order valence-corrected chi connectivity index (χ0v) is 15.5. The molecule has 1 heterocycles. The lowest BCUT2D eigenvalue weighted by atomic mass is 9.81. The van der Waals surface area contributed by atoms with E-state index in [4.69, 9.17) is 4.74 Å². The van der Waals surface area contributed by atoms with Crippen LogP contribution < -0.4 is 4.74 Å². The summed E-state index contributed by atoms with van der Waals surface area (Å²) < 4.78 is 33.4. The Labute approximate surface area is 153 Å². The standard InChI is InChI=1S/C21H26F2N2O/c1-3-26-19-13-11-17(20(22)21(19)23)18-12-10-16(24-25-18)9-8-15-6-4-14(2)5-7-15/h10-15H,3-9H2,1-2H3. The van der Waals surface area contributed by atoms with E-state index in [0.29, 0.717) is 5.69 Å². The van der Waals surface area contributed by atoms with Gasteiger partial charge in [0.25, 0.3) is 0 Å². The van der Waals surface area contributed by atoms with Gasteiger partial charge in [0.2, 0.25) is 5.82 Å². The molecule has 1 aromatic carbocycles. The number of benzene rings is 1. The van der Waals surface area contributed by atoms with Crippen molar-refractivity contribution in [3.8, 4) is 17.0 Å². The Hall–Kier alpha value is -2.04. The molecule has 1 aliphatic carbocycles. The average Bonchev–Trinajstić information content (AvgIpc) is 2.66. The minimum absolute atomic E-state index is 0.0832. The molecule has 5 heteroatoms. The quantitative estimate of drug-likeness (QED) is 0.674. The zero-order chi connectivity index (χ0) is 18.5. The Morgan fingerprint density at radius 2 is 1.77 bits per heavy atom. The van der Waals surface area contributed by atoms with Crippen molar-refractivity contribution < 1.29 is 13.5 Å². The third-order valence-corrected chi connectivity index (χ3v) is 5.29. The molecule has 1 saturated carbocycles. The minimum atomic E-state index is -0.984. The molecule has 0 N–H and O–H groups in total. The maximum Gasteiger partial charge on any atom is 0.201 e. The van der Waals surface area contributed by atoms with Crippen molar-refractivity contribution in [3.05, 3.63) is 41.6 Å². The van der Waals surface area contributed by atoms with E-state index in [1.807, 2.05) is 6.07 Å². The van der Waals surface area contributed by atoms with Crippen molar-refractivity contribution in [1.82, 2.24) is 10.2 Å². The normalized spacial score (nSPS) is 20.2. The maximum atomic E-state index is 14.3. The van der Waals surface area contributed by atoms with Crippen molar-refractivity contribution in [2.24, 2.45) is 11.8 Å². The topological polar surface area (TPSA) is 35.0 Å². The van der Waals surface area contributed by atoms with Crippen LogP contribution >= 0.6 is 0 Å². The second-order valence-corrected chi connectivity index (χ2v) is 7.25. The summed E-state index contributed by atoms with van der Waals surface area (Å²) in [7, 11) is 0. The molecule has 26 heavy (non-hydrogen) atoms. The molecule has 0 amide bonds. The smallest absolute Gasteiger partial charge is 0.201 e. The van der Waals surface area contributed by atoms with Crippen LogP contribution in [0.3, 0.4) is 0 Å². The van der Waals surface area contributed by atoms with Crippen LogP contribution in [0.4, 0.5) is 8.78 Å². The number of hydrogen-bond donors (Lipinski definition) is 0. The van der Waals surface area contributed by atoms with Crippen molar-refractivity contribution in [3.63, 3.8) is 0 Å². The predicted molar refractivity (Wildman–Crippen MR) is 98.0 cm³/mol. The van der Waals surface area contributed by atoms with Crippen molar-refractivity contribution in [2.75, 3.05) is 6.61 Å². The summed E-state index contributed by atoms with van der Waals surface area (Å²) in [5.74, 6) is -0.392. The van der Waals surface area contributed by atoms with E-state index in [1.165, 1.54) is 37.8 Å². The fourth-order valence-electron chi connectivity index (χ4n) is 3.60. The fourth-order valence-corrected chi connectivity index (χ4v) is 3.60. The third kappa shape index (κ3) is 4.37. The van der Waals surface area contributed by atoms with E-state index < -0.39 is 11.6 Å². The van der Waals surface area contributed by atoms with Gasteiger partial charge in [0.05, 0.1) is 18.0 Å². The minimum Gasteiger partial charge on any atom is -0.491 e. The summed E-state index contributed by atoms with van der Waals surface area (Å²) >= 11 is 0. The Balaban J connectivity index is 1.65. The molecule has 0 bridgehead atoms. The average molecular weight is 360 g/mol. The summed E-state index contributed by atoms with van der Waals surface area (Å²) in [4.78, 5) is 0. The molecule has 140 valence electrons. The lowest BCUT2D eigenvalue weighted by Crippen LogP contribution is -2.13. The molecule has 1 fully saturated rings. The van der Waals surface area contributed by atoms with Crippen LogP contribution in [0.2, 0.25) is 0 Å². The van der Waals surface area contributed by atoms with Gasteiger partial charge in [-0.05, 0) is 55.9 Å². The van der Waals surface area contributed by atoms with E-state index in [9.17, 15) is 8.78 Å². The summed E-state index contributed by atoms with van der Waals surface area (Å²) in [6.45, 7) is 4.33. The van der Waals surface area contributed by atoms with E-state index >= 15 is 0 Å². The Kier molecular flexibility index (Phi) is 6.17. The lowest BCUT2D eigenvalue weighted by molar-refractivity contribution is 0.277. The first kappa shape index (κ1) is 18.7. The molecule has 0 unspecified atom stereocenters. The molecule has 3 nitrogen and oxygen atoms in total. The second kappa shape index (κ2) is 8.56. The van der Waals surface area contributed by atoms with Crippen LogP contribution in [-0.4, -0.2) is 16.8 Å². The number of nitrogens with zero attached hydrogens (tertiary/aromatic N) is 2. The molecule has 1 aliphatic rings. The first-order valence-electron chi connectivity index (χ1n) is 9.52. The predicted octanol–water partition coefficient (Wildman–Crippen LogP) is 5.58. The molecular formula is C21H26F2N2O. The second-order valence-electron chi connectivity index (χ2n) is 7.25. The fraction of sp³-hybridized carbons (Fsp3) is 0.524. The van der Waals surface area contributed by atoms with Gasteiger partial charge in [-0.3, -0.25) is 0 Å². The highest BCUT2D eigenvalue weighted by molar-refractivity contribution is 5.61. The largest absolute Gasteiger partial charge is 0.491 e. The van der Waals surface area contributed by atoms with Crippen LogP contribution in [0, 0.1) is 23.5 Å². The monoisotopic (exact) mass is 360 g/mol. The lowest BCUT2D eigenvalue weighted by Gasteiger charge is -2.25. The summed E-state index contributed by atoms with van der Waals surface area (Å²) in [6, 6.07) is 6.48. The number of hydrogen-bond acceptors (Lipinski definition) is 3. The van der Waals surface area contributed by atoms with Crippen LogP contribution in [0.15, 0.2) is 24.3 Å². The highest BCUT2D eigenvalue weighted by Gasteiger charge is 2.19. The highest BCUT2D eigenvalue weighted by Crippen LogP contribution is 2.31. The van der Waals surface area contributed by atoms with Crippen LogP contribution in [0.1, 0.15) is 51.6 Å². The van der Waals surface area contributed by atoms with Gasteiger partial charge < -0.3 is 4.74 Å². The van der Waals surface area contributed by atoms with E-state index in [-0.39, 0.29) is 17.9 Å². The molecule has 3 rings (SSSR count). The van der Waals surface area contributed by atoms with Gasteiger partial charge in [0.1, 0.15) is 0 Å². The number of aryl methyl sites for hydroxylation is 1. The first-order valence-corrected chi connectivity index (χ1v) is 9.52. The first-order chi connectivity index (χ1) is 12.6. The maximum absolute atomic E-state index is 14.3. The zero-order valence-electron chi connectivity index (χ0n) is 15.5. The van der Waals surface area contributed by atoms with Gasteiger partial charge in [0, 0.05) is 5.56 Å². The molecule has 2 aromatic rings. The Morgan fingerprint density at radius 1 is 1.00 bits per heavy atom. The van der Waals surface area contributed by atoms with Crippen molar-refractivity contribution in [1.29, 1.82) is 0 Å². The van der Waals surface area contributed by atoms with Gasteiger partial charge in [-0.15, -0.1) is 0 Å². The van der Waals surface area contributed by atoms with Gasteiger partial charge in [-0.1, -0.05) is 32.6 Å². The molecule has 0 aliphatic heterocycles. The van der Waals surface area contributed by atoms with E-state index in [0.717, 1.165) is 30.4 Å². The molecular weight excluding hydrogens is 334 g/mol. The Bertz CT molecular complexity index is 726. The van der Waals surface area contributed by atoms with Gasteiger partial charge in [-0.2, -0.15) is 14.6 Å². The molecule has 1 aromatic heterocycles. The summed E-state index contributed by atoms with van der Waals surface area (Å²) in [5.41, 5.74) is 1.34. The van der Waals surface area contributed by atoms with E-state index in [1.54, 1.807) is 13.0 Å². The molecule has 0 saturated heterocycles. The van der Waals surface area contributed by atoms with E-state index in [2.05, 4.69) is 17.1 Å². The van der Waals surface area contributed by atoms with Crippen molar-refractivity contribution in [2.45, 2.75) is 52.4 Å². The third-order valence-electron chi connectivity index (χ3n) is 5.29. The number of aromatic nitrogens is 2. The van der Waals surface area contributed by atoms with Crippen LogP contribution in [0.5, 0.6) is 5.75 Å². The highest BCUT2D eigenvalue weighted by atomic mass is 19.2. The molecule has 0 radical (unpaired) electrons. The SMILES string of the molecule is CCOc1ccc(-c2ccc(CCC3CCC(C)CC3)nn2)c(F)c1F. The van der Waals surface area contributed by atoms with Crippen LogP contribution in [0.25, 0.3) is 11.3 Å².